The number of ether oxygens (including phenoxy) is 1. The minimum Gasteiger partial charge on any atom is -0.481 e. The van der Waals surface area contributed by atoms with E-state index in [1.165, 1.54) is 57.8 Å². The van der Waals surface area contributed by atoms with Gasteiger partial charge < -0.3 is 25.2 Å². The maximum atomic E-state index is 11.4. The van der Waals surface area contributed by atoms with Gasteiger partial charge in [-0.25, -0.2) is 0 Å². The number of allylic oxidation sites excluding steroid dienone is 2. The van der Waals surface area contributed by atoms with Crippen LogP contribution in [-0.4, -0.2) is 57.7 Å². The topological polar surface area (TPSA) is 141 Å². The van der Waals surface area contributed by atoms with Crippen molar-refractivity contribution in [1.29, 1.82) is 0 Å². The molecule has 1 atom stereocenters. The van der Waals surface area contributed by atoms with Crippen molar-refractivity contribution in [1.82, 2.24) is 0 Å². The number of carbonyl (C=O) groups excluding carboxylic acids is 1. The second-order valence-corrected chi connectivity index (χ2v) is 8.14. The lowest BCUT2D eigenvalue weighted by Gasteiger charge is -2.08. The maximum absolute atomic E-state index is 11.4. The van der Waals surface area contributed by atoms with Gasteiger partial charge in [-0.3, -0.25) is 14.4 Å². The standard InChI is InChI=1S/C21H40O4.C4H6O4/c1-2-3-4-5-6-7-8-9-10-11-12-13-14-15-16-17-21(24)25-19-20(23)18-22;5-3(6)1-2-4(7)8/h9-10,20,22-23H,2-8,11-19H2,1H3;1-2H2,(H,5,6)(H,7,8)/b10-9-;. The fourth-order valence-electron chi connectivity index (χ4n) is 2.87. The van der Waals surface area contributed by atoms with E-state index in [2.05, 4.69) is 19.1 Å². The zero-order valence-electron chi connectivity index (χ0n) is 20.4. The molecule has 0 radical (unpaired) electrons. The third-order valence-electron chi connectivity index (χ3n) is 4.84. The second-order valence-electron chi connectivity index (χ2n) is 8.14. The van der Waals surface area contributed by atoms with Gasteiger partial charge in [-0.05, 0) is 32.1 Å². The first-order valence-electron chi connectivity index (χ1n) is 12.4. The molecule has 0 fully saturated rings. The van der Waals surface area contributed by atoms with Crippen LogP contribution >= 0.6 is 0 Å². The first kappa shape index (κ1) is 33.2. The molecule has 0 aliphatic carbocycles. The largest absolute Gasteiger partial charge is 0.481 e. The molecule has 0 heterocycles. The van der Waals surface area contributed by atoms with Gasteiger partial charge in [-0.15, -0.1) is 0 Å². The van der Waals surface area contributed by atoms with Gasteiger partial charge in [0.2, 0.25) is 0 Å². The van der Waals surface area contributed by atoms with Crippen LogP contribution in [0.5, 0.6) is 0 Å². The van der Waals surface area contributed by atoms with E-state index in [0.717, 1.165) is 25.7 Å². The second kappa shape index (κ2) is 26.3. The lowest BCUT2D eigenvalue weighted by atomic mass is 10.1. The van der Waals surface area contributed by atoms with E-state index in [1.807, 2.05) is 0 Å². The number of hydrogen-bond donors (Lipinski definition) is 4. The van der Waals surface area contributed by atoms with Crippen LogP contribution in [0.15, 0.2) is 12.2 Å². The molecule has 0 saturated carbocycles. The van der Waals surface area contributed by atoms with E-state index in [4.69, 9.17) is 25.2 Å². The Morgan fingerprint density at radius 2 is 1.18 bits per heavy atom. The first-order valence-corrected chi connectivity index (χ1v) is 12.4. The molecule has 0 saturated heterocycles. The highest BCUT2D eigenvalue weighted by atomic mass is 16.5. The van der Waals surface area contributed by atoms with E-state index in [-0.39, 0.29) is 32.0 Å². The van der Waals surface area contributed by atoms with E-state index >= 15 is 0 Å². The Balaban J connectivity index is 0. The minimum atomic E-state index is -1.08. The number of unbranched alkanes of at least 4 members (excludes halogenated alkanes) is 11. The number of hydrogen-bond acceptors (Lipinski definition) is 6. The molecule has 33 heavy (non-hydrogen) atoms. The number of carbonyl (C=O) groups is 3. The van der Waals surface area contributed by atoms with Gasteiger partial charge in [-0.1, -0.05) is 70.4 Å². The molecule has 0 aromatic heterocycles. The zero-order valence-corrected chi connectivity index (χ0v) is 20.4. The Bertz CT molecular complexity index is 491. The van der Waals surface area contributed by atoms with Gasteiger partial charge in [0.05, 0.1) is 19.4 Å². The summed E-state index contributed by atoms with van der Waals surface area (Å²) in [6.45, 7) is 1.77. The molecule has 8 heteroatoms. The van der Waals surface area contributed by atoms with Crippen LogP contribution in [0.2, 0.25) is 0 Å². The molecule has 0 aromatic carbocycles. The molecule has 4 N–H and O–H groups in total. The first-order chi connectivity index (χ1) is 15.8. The summed E-state index contributed by atoms with van der Waals surface area (Å²) < 4.78 is 4.86. The van der Waals surface area contributed by atoms with Crippen molar-refractivity contribution in [2.75, 3.05) is 13.2 Å². The van der Waals surface area contributed by atoms with Crippen molar-refractivity contribution in [3.8, 4) is 0 Å². The van der Waals surface area contributed by atoms with Crippen molar-refractivity contribution >= 4 is 17.9 Å². The van der Waals surface area contributed by atoms with Crippen LogP contribution < -0.4 is 0 Å². The number of esters is 1. The highest BCUT2D eigenvalue weighted by Crippen LogP contribution is 2.10. The summed E-state index contributed by atoms with van der Waals surface area (Å²) in [6, 6.07) is 0. The quantitative estimate of drug-likeness (QED) is 0.105. The highest BCUT2D eigenvalue weighted by Gasteiger charge is 2.07. The average Bonchev–Trinajstić information content (AvgIpc) is 2.79. The monoisotopic (exact) mass is 474 g/mol. The molecule has 194 valence electrons. The number of aliphatic hydroxyl groups is 2. The van der Waals surface area contributed by atoms with Crippen molar-refractivity contribution < 1.29 is 39.5 Å². The number of carboxylic acids is 2. The van der Waals surface area contributed by atoms with Gasteiger partial charge in [0.1, 0.15) is 12.7 Å². The fourth-order valence-corrected chi connectivity index (χ4v) is 2.87. The lowest BCUT2D eigenvalue weighted by molar-refractivity contribution is -0.147. The molecule has 1 unspecified atom stereocenters. The number of aliphatic carboxylic acids is 2. The Morgan fingerprint density at radius 1 is 0.727 bits per heavy atom. The van der Waals surface area contributed by atoms with Crippen molar-refractivity contribution in [3.05, 3.63) is 12.2 Å². The molecular weight excluding hydrogens is 428 g/mol. The van der Waals surface area contributed by atoms with Crippen LogP contribution in [0.25, 0.3) is 0 Å². The highest BCUT2D eigenvalue weighted by molar-refractivity contribution is 5.75. The van der Waals surface area contributed by atoms with E-state index in [1.54, 1.807) is 0 Å². The smallest absolute Gasteiger partial charge is 0.305 e. The predicted octanol–water partition coefficient (Wildman–Crippen LogP) is 4.86. The van der Waals surface area contributed by atoms with Gasteiger partial charge in [0.25, 0.3) is 0 Å². The van der Waals surface area contributed by atoms with E-state index in [9.17, 15) is 14.4 Å². The molecule has 0 aliphatic rings. The average molecular weight is 475 g/mol. The maximum Gasteiger partial charge on any atom is 0.305 e. The Kier molecular flexibility index (Phi) is 26.5. The normalized spacial score (nSPS) is 11.6. The number of aliphatic hydroxyl groups excluding tert-OH is 2. The molecule has 0 spiro atoms. The van der Waals surface area contributed by atoms with E-state index in [0.29, 0.717) is 6.42 Å². The van der Waals surface area contributed by atoms with Gasteiger partial charge in [0.15, 0.2) is 0 Å². The van der Waals surface area contributed by atoms with Crippen LogP contribution in [0.3, 0.4) is 0 Å². The summed E-state index contributed by atoms with van der Waals surface area (Å²) in [5, 5.41) is 33.5. The summed E-state index contributed by atoms with van der Waals surface area (Å²) in [4.78, 5) is 30.7. The minimum absolute atomic E-state index is 0.111. The van der Waals surface area contributed by atoms with Crippen molar-refractivity contribution in [2.24, 2.45) is 0 Å². The third kappa shape index (κ3) is 32.3. The number of carboxylic acid groups (broad SMARTS) is 2. The summed E-state index contributed by atoms with van der Waals surface area (Å²) in [7, 11) is 0. The van der Waals surface area contributed by atoms with Gasteiger partial charge >= 0.3 is 17.9 Å². The Labute approximate surface area is 199 Å². The molecular formula is C25H46O8. The van der Waals surface area contributed by atoms with E-state index < -0.39 is 18.0 Å². The predicted molar refractivity (Wildman–Crippen MR) is 128 cm³/mol. The van der Waals surface area contributed by atoms with Gasteiger partial charge in [-0.2, -0.15) is 0 Å². The molecule has 0 aromatic rings. The summed E-state index contributed by atoms with van der Waals surface area (Å²) in [6.07, 6.45) is 19.5. The molecule has 0 bridgehead atoms. The lowest BCUT2D eigenvalue weighted by Crippen LogP contribution is -2.21. The Morgan fingerprint density at radius 3 is 1.64 bits per heavy atom. The molecule has 0 amide bonds. The zero-order chi connectivity index (χ0) is 25.2. The summed E-state index contributed by atoms with van der Waals surface area (Å²) in [5.74, 6) is -2.44. The Hall–Kier alpha value is -1.93. The summed E-state index contributed by atoms with van der Waals surface area (Å²) in [5.41, 5.74) is 0. The SMILES string of the molecule is CCCCCCCC/C=C\CCCCCCCC(=O)OCC(O)CO.O=C(O)CCC(=O)O. The number of rotatable bonds is 21. The molecule has 0 rings (SSSR count). The van der Waals surface area contributed by atoms with Crippen LogP contribution in [0.4, 0.5) is 0 Å². The van der Waals surface area contributed by atoms with Crippen LogP contribution in [0.1, 0.15) is 110 Å². The molecule has 0 aliphatic heterocycles. The van der Waals surface area contributed by atoms with Crippen LogP contribution in [0, 0.1) is 0 Å². The third-order valence-corrected chi connectivity index (χ3v) is 4.84. The van der Waals surface area contributed by atoms with Gasteiger partial charge in [0, 0.05) is 6.42 Å². The molecule has 8 nitrogen and oxygen atoms in total. The van der Waals surface area contributed by atoms with Crippen molar-refractivity contribution in [3.63, 3.8) is 0 Å². The fraction of sp³-hybridized carbons (Fsp3) is 0.800. The van der Waals surface area contributed by atoms with Crippen molar-refractivity contribution in [2.45, 2.75) is 116 Å². The van der Waals surface area contributed by atoms with Crippen LogP contribution in [-0.2, 0) is 19.1 Å². The summed E-state index contributed by atoms with van der Waals surface area (Å²) >= 11 is 0.